The molecule has 0 N–H and O–H groups in total. The van der Waals surface area contributed by atoms with E-state index in [1.807, 2.05) is 32.9 Å². The van der Waals surface area contributed by atoms with Crippen LogP contribution in [0.1, 0.15) is 63.2 Å². The number of hydrogen-bond acceptors (Lipinski definition) is 4. The Kier molecular flexibility index (Phi) is 6.45. The minimum atomic E-state index is -0.541. The molecule has 1 aliphatic heterocycles. The SMILES string of the molecule is COc1ccccc1C(=O)CC1CCCCCN1C(=O)OC(C)(C)C. The average Bonchev–Trinajstić information content (AvgIpc) is 2.78. The van der Waals surface area contributed by atoms with Crippen LogP contribution in [0, 0.1) is 0 Å². The first-order valence-electron chi connectivity index (χ1n) is 8.97. The van der Waals surface area contributed by atoms with Crippen LogP contribution in [0.25, 0.3) is 0 Å². The fourth-order valence-corrected chi connectivity index (χ4v) is 3.15. The molecule has 1 aliphatic rings. The van der Waals surface area contributed by atoms with Crippen LogP contribution in [-0.4, -0.2) is 42.1 Å². The molecule has 5 heteroatoms. The van der Waals surface area contributed by atoms with Crippen LogP contribution in [0.2, 0.25) is 0 Å². The lowest BCUT2D eigenvalue weighted by Crippen LogP contribution is -2.44. The van der Waals surface area contributed by atoms with Crippen LogP contribution < -0.4 is 4.74 Å². The molecule has 1 amide bonds. The van der Waals surface area contributed by atoms with E-state index in [2.05, 4.69) is 0 Å². The lowest BCUT2D eigenvalue weighted by atomic mass is 9.99. The highest BCUT2D eigenvalue weighted by Crippen LogP contribution is 2.26. The summed E-state index contributed by atoms with van der Waals surface area (Å²) in [5.41, 5.74) is 0.0269. The van der Waals surface area contributed by atoms with Crippen LogP contribution in [-0.2, 0) is 4.74 Å². The van der Waals surface area contributed by atoms with Crippen LogP contribution >= 0.6 is 0 Å². The second kappa shape index (κ2) is 8.37. The van der Waals surface area contributed by atoms with E-state index < -0.39 is 5.60 Å². The normalized spacial score (nSPS) is 18.4. The molecule has 25 heavy (non-hydrogen) atoms. The first-order valence-corrected chi connectivity index (χ1v) is 8.97. The van der Waals surface area contributed by atoms with Crippen molar-refractivity contribution >= 4 is 11.9 Å². The van der Waals surface area contributed by atoms with Crippen molar-refractivity contribution in [1.29, 1.82) is 0 Å². The highest BCUT2D eigenvalue weighted by Gasteiger charge is 2.31. The van der Waals surface area contributed by atoms with Gasteiger partial charge >= 0.3 is 6.09 Å². The summed E-state index contributed by atoms with van der Waals surface area (Å²) < 4.78 is 10.8. The van der Waals surface area contributed by atoms with E-state index in [1.54, 1.807) is 24.1 Å². The summed E-state index contributed by atoms with van der Waals surface area (Å²) >= 11 is 0. The summed E-state index contributed by atoms with van der Waals surface area (Å²) in [5, 5.41) is 0. The molecule has 0 aromatic heterocycles. The first kappa shape index (κ1) is 19.3. The standard InChI is InChI=1S/C20H29NO4/c1-20(2,3)25-19(23)21-13-9-5-6-10-15(21)14-17(22)16-11-7-8-12-18(16)24-4/h7-8,11-12,15H,5-6,9-10,13-14H2,1-4H3. The number of Topliss-reactive ketones (excluding diaryl/α,β-unsaturated/α-hetero) is 1. The monoisotopic (exact) mass is 347 g/mol. The summed E-state index contributed by atoms with van der Waals surface area (Å²) in [4.78, 5) is 27.1. The molecule has 0 aliphatic carbocycles. The molecule has 1 atom stereocenters. The van der Waals surface area contributed by atoms with Gasteiger partial charge in [-0.25, -0.2) is 4.79 Å². The second-order valence-electron chi connectivity index (χ2n) is 7.50. The predicted molar refractivity (Wildman–Crippen MR) is 97.1 cm³/mol. The van der Waals surface area contributed by atoms with Gasteiger partial charge in [0.05, 0.1) is 12.7 Å². The molecule has 138 valence electrons. The molecule has 0 saturated carbocycles. The molecule has 0 spiro atoms. The molecule has 1 fully saturated rings. The molecule has 1 saturated heterocycles. The summed E-state index contributed by atoms with van der Waals surface area (Å²) in [5.74, 6) is 0.572. The maximum Gasteiger partial charge on any atom is 0.410 e. The van der Waals surface area contributed by atoms with E-state index in [1.165, 1.54) is 0 Å². The molecule has 1 unspecified atom stereocenters. The van der Waals surface area contributed by atoms with Crippen molar-refractivity contribution in [3.8, 4) is 5.75 Å². The fraction of sp³-hybridized carbons (Fsp3) is 0.600. The zero-order valence-corrected chi connectivity index (χ0v) is 15.7. The van der Waals surface area contributed by atoms with Crippen LogP contribution in [0.3, 0.4) is 0 Å². The summed E-state index contributed by atoms with van der Waals surface area (Å²) in [6.45, 7) is 6.21. The van der Waals surface area contributed by atoms with Gasteiger partial charge in [0.15, 0.2) is 5.78 Å². The number of carbonyl (C=O) groups excluding carboxylic acids is 2. The second-order valence-corrected chi connectivity index (χ2v) is 7.50. The zero-order valence-electron chi connectivity index (χ0n) is 15.7. The number of ketones is 1. The Morgan fingerprint density at radius 2 is 1.88 bits per heavy atom. The minimum Gasteiger partial charge on any atom is -0.496 e. The molecule has 0 radical (unpaired) electrons. The molecule has 0 bridgehead atoms. The third kappa shape index (κ3) is 5.48. The van der Waals surface area contributed by atoms with Gasteiger partial charge in [0.25, 0.3) is 0 Å². The quantitative estimate of drug-likeness (QED) is 0.755. The molecular formula is C20H29NO4. The van der Waals surface area contributed by atoms with Crippen molar-refractivity contribution in [3.05, 3.63) is 29.8 Å². The van der Waals surface area contributed by atoms with Crippen molar-refractivity contribution in [1.82, 2.24) is 4.90 Å². The fourth-order valence-electron chi connectivity index (χ4n) is 3.15. The van der Waals surface area contributed by atoms with Crippen LogP contribution in [0.4, 0.5) is 4.79 Å². The lowest BCUT2D eigenvalue weighted by Gasteiger charge is -2.32. The molecule has 1 heterocycles. The first-order chi connectivity index (χ1) is 11.8. The Morgan fingerprint density at radius 1 is 1.16 bits per heavy atom. The van der Waals surface area contributed by atoms with Gasteiger partial charge in [-0.05, 0) is 45.7 Å². The molecule has 1 aromatic rings. The topological polar surface area (TPSA) is 55.8 Å². The third-order valence-electron chi connectivity index (χ3n) is 4.33. The number of nitrogens with zero attached hydrogens (tertiary/aromatic N) is 1. The maximum absolute atomic E-state index is 12.8. The minimum absolute atomic E-state index is 0.00194. The Hall–Kier alpha value is -2.04. The van der Waals surface area contributed by atoms with Gasteiger partial charge in [0, 0.05) is 19.0 Å². The Morgan fingerprint density at radius 3 is 2.56 bits per heavy atom. The number of ether oxygens (including phenoxy) is 2. The van der Waals surface area contributed by atoms with Crippen molar-refractivity contribution < 1.29 is 19.1 Å². The highest BCUT2D eigenvalue weighted by molar-refractivity contribution is 5.99. The van der Waals surface area contributed by atoms with Gasteiger partial charge < -0.3 is 14.4 Å². The number of hydrogen-bond donors (Lipinski definition) is 0. The number of likely N-dealkylation sites (tertiary alicyclic amines) is 1. The van der Waals surface area contributed by atoms with E-state index in [4.69, 9.17) is 9.47 Å². The van der Waals surface area contributed by atoms with E-state index in [9.17, 15) is 9.59 Å². The number of methoxy groups -OCH3 is 1. The Labute approximate surface area is 150 Å². The van der Waals surface area contributed by atoms with Crippen molar-refractivity contribution in [2.45, 2.75) is 64.5 Å². The number of benzene rings is 1. The maximum atomic E-state index is 12.8. The van der Waals surface area contributed by atoms with Gasteiger partial charge in [-0.1, -0.05) is 25.0 Å². The Bertz CT molecular complexity index is 606. The largest absolute Gasteiger partial charge is 0.496 e. The average molecular weight is 347 g/mol. The molecule has 1 aromatic carbocycles. The summed E-state index contributed by atoms with van der Waals surface area (Å²) in [6.07, 6.45) is 3.81. The third-order valence-corrected chi connectivity index (χ3v) is 4.33. The van der Waals surface area contributed by atoms with Gasteiger partial charge in [-0.15, -0.1) is 0 Å². The van der Waals surface area contributed by atoms with Crippen molar-refractivity contribution in [2.24, 2.45) is 0 Å². The van der Waals surface area contributed by atoms with Gasteiger partial charge in [0.1, 0.15) is 11.4 Å². The highest BCUT2D eigenvalue weighted by atomic mass is 16.6. The predicted octanol–water partition coefficient (Wildman–Crippen LogP) is 4.45. The number of carbonyl (C=O) groups is 2. The lowest BCUT2D eigenvalue weighted by molar-refractivity contribution is 0.0162. The van der Waals surface area contributed by atoms with Gasteiger partial charge in [-0.3, -0.25) is 4.79 Å². The van der Waals surface area contributed by atoms with Gasteiger partial charge in [-0.2, -0.15) is 0 Å². The smallest absolute Gasteiger partial charge is 0.410 e. The van der Waals surface area contributed by atoms with Gasteiger partial charge in [0.2, 0.25) is 0 Å². The van der Waals surface area contributed by atoms with Crippen molar-refractivity contribution in [3.63, 3.8) is 0 Å². The van der Waals surface area contributed by atoms with E-state index >= 15 is 0 Å². The number of rotatable bonds is 4. The Balaban J connectivity index is 2.15. The van der Waals surface area contributed by atoms with Crippen LogP contribution in [0.15, 0.2) is 24.3 Å². The molecule has 5 nitrogen and oxygen atoms in total. The van der Waals surface area contributed by atoms with Crippen molar-refractivity contribution in [2.75, 3.05) is 13.7 Å². The van der Waals surface area contributed by atoms with E-state index in [0.717, 1.165) is 25.7 Å². The number of para-hydroxylation sites is 1. The molecule has 2 rings (SSSR count). The van der Waals surface area contributed by atoms with E-state index in [-0.39, 0.29) is 17.9 Å². The summed E-state index contributed by atoms with van der Waals surface area (Å²) in [6, 6.07) is 7.10. The zero-order chi connectivity index (χ0) is 18.4. The summed E-state index contributed by atoms with van der Waals surface area (Å²) in [7, 11) is 1.56. The number of amides is 1. The molecular weight excluding hydrogens is 318 g/mol. The van der Waals surface area contributed by atoms with Crippen LogP contribution in [0.5, 0.6) is 5.75 Å². The van der Waals surface area contributed by atoms with E-state index in [0.29, 0.717) is 24.3 Å².